The molecule has 0 fully saturated rings. The fourth-order valence-electron chi connectivity index (χ4n) is 2.46. The van der Waals surface area contributed by atoms with E-state index in [1.807, 2.05) is 30.3 Å². The maximum absolute atomic E-state index is 6.39. The highest BCUT2D eigenvalue weighted by molar-refractivity contribution is 7.71. The topological polar surface area (TPSA) is 64.4 Å². The van der Waals surface area contributed by atoms with E-state index in [-0.39, 0.29) is 0 Å². The molecule has 0 saturated heterocycles. The van der Waals surface area contributed by atoms with Crippen molar-refractivity contribution in [2.45, 2.75) is 6.42 Å². The normalized spacial score (nSPS) is 11.0. The fraction of sp³-hybridized carbons (Fsp3) is 0.167. The van der Waals surface area contributed by atoms with Gasteiger partial charge in [0.2, 0.25) is 4.77 Å². The zero-order valence-electron chi connectivity index (χ0n) is 14.3. The van der Waals surface area contributed by atoms with Crippen molar-refractivity contribution in [1.29, 1.82) is 0 Å². The van der Waals surface area contributed by atoms with Gasteiger partial charge in [0.25, 0.3) is 0 Å². The van der Waals surface area contributed by atoms with Crippen LogP contribution in [0.3, 0.4) is 0 Å². The minimum Gasteiger partial charge on any atom is -0.493 e. The van der Waals surface area contributed by atoms with Crippen LogP contribution in [-0.4, -0.2) is 35.3 Å². The number of benzene rings is 2. The molecule has 1 aromatic heterocycles. The molecule has 26 heavy (non-hydrogen) atoms. The maximum Gasteiger partial charge on any atom is 0.216 e. The number of aromatic amines is 1. The summed E-state index contributed by atoms with van der Waals surface area (Å²) in [4.78, 5) is 0. The minimum atomic E-state index is 0.406. The van der Waals surface area contributed by atoms with Crippen LogP contribution in [0.25, 0.3) is 0 Å². The average Bonchev–Trinajstić information content (AvgIpc) is 3.00. The lowest BCUT2D eigenvalue weighted by Gasteiger charge is -2.10. The second-order valence-corrected chi connectivity index (χ2v) is 6.13. The lowest BCUT2D eigenvalue weighted by molar-refractivity contribution is 0.355. The van der Waals surface area contributed by atoms with E-state index < -0.39 is 0 Å². The van der Waals surface area contributed by atoms with Crippen molar-refractivity contribution in [2.75, 3.05) is 14.2 Å². The van der Waals surface area contributed by atoms with Gasteiger partial charge in [0.1, 0.15) is 0 Å². The number of hydrogen-bond acceptors (Lipinski definition) is 5. The van der Waals surface area contributed by atoms with Crippen LogP contribution < -0.4 is 9.47 Å². The SMILES string of the molecule is COc1ccc(/C=N\n2c(Cc3ccccc3)n[nH]c2=S)c(Cl)c1OC. The van der Waals surface area contributed by atoms with E-state index in [0.717, 1.165) is 5.56 Å². The molecule has 0 aliphatic rings. The minimum absolute atomic E-state index is 0.406. The Morgan fingerprint density at radius 3 is 2.65 bits per heavy atom. The van der Waals surface area contributed by atoms with E-state index in [9.17, 15) is 0 Å². The summed E-state index contributed by atoms with van der Waals surface area (Å²) in [5, 5.41) is 11.9. The van der Waals surface area contributed by atoms with Crippen LogP contribution in [0.15, 0.2) is 47.6 Å². The smallest absolute Gasteiger partial charge is 0.216 e. The van der Waals surface area contributed by atoms with E-state index in [1.54, 1.807) is 30.1 Å². The van der Waals surface area contributed by atoms with Crippen LogP contribution in [-0.2, 0) is 6.42 Å². The van der Waals surface area contributed by atoms with Crippen LogP contribution >= 0.6 is 23.8 Å². The molecule has 0 atom stereocenters. The number of H-pyrrole nitrogens is 1. The van der Waals surface area contributed by atoms with Crippen molar-refractivity contribution in [1.82, 2.24) is 14.9 Å². The Labute approximate surface area is 161 Å². The monoisotopic (exact) mass is 388 g/mol. The first-order chi connectivity index (χ1) is 12.6. The van der Waals surface area contributed by atoms with Gasteiger partial charge in [0, 0.05) is 12.0 Å². The van der Waals surface area contributed by atoms with Gasteiger partial charge in [-0.1, -0.05) is 41.9 Å². The van der Waals surface area contributed by atoms with Crippen molar-refractivity contribution in [3.63, 3.8) is 0 Å². The lowest BCUT2D eigenvalue weighted by Crippen LogP contribution is -2.01. The van der Waals surface area contributed by atoms with Crippen LogP contribution in [0, 0.1) is 4.77 Å². The molecule has 0 saturated carbocycles. The summed E-state index contributed by atoms with van der Waals surface area (Å²) >= 11 is 11.7. The molecule has 1 heterocycles. The molecule has 134 valence electrons. The van der Waals surface area contributed by atoms with Crippen LogP contribution in [0.2, 0.25) is 5.02 Å². The molecule has 2 aromatic carbocycles. The van der Waals surface area contributed by atoms with Crippen molar-refractivity contribution in [3.8, 4) is 11.5 Å². The summed E-state index contributed by atoms with van der Waals surface area (Å²) in [7, 11) is 3.09. The average molecular weight is 389 g/mol. The Morgan fingerprint density at radius 1 is 1.19 bits per heavy atom. The second kappa shape index (κ2) is 8.16. The standard InChI is InChI=1S/C18H17ClN4O2S/c1-24-14-9-8-13(16(19)17(14)25-2)11-20-23-15(21-22-18(23)26)10-12-6-4-3-5-7-12/h3-9,11H,10H2,1-2H3,(H,22,26)/b20-11-. The zero-order chi connectivity index (χ0) is 18.5. The predicted octanol–water partition coefficient (Wildman–Crippen LogP) is 4.08. The Kier molecular flexibility index (Phi) is 5.70. The van der Waals surface area contributed by atoms with Gasteiger partial charge in [-0.15, -0.1) is 0 Å². The fourth-order valence-corrected chi connectivity index (χ4v) is 2.94. The molecular weight excluding hydrogens is 372 g/mol. The number of nitrogens with zero attached hydrogens (tertiary/aromatic N) is 3. The summed E-state index contributed by atoms with van der Waals surface area (Å²) < 4.78 is 12.5. The molecule has 3 rings (SSSR count). The highest BCUT2D eigenvalue weighted by Gasteiger charge is 2.12. The third-order valence-electron chi connectivity index (χ3n) is 3.75. The van der Waals surface area contributed by atoms with E-state index in [1.165, 1.54) is 7.11 Å². The van der Waals surface area contributed by atoms with Gasteiger partial charge in [-0.3, -0.25) is 5.10 Å². The Hall–Kier alpha value is -2.64. The number of methoxy groups -OCH3 is 2. The van der Waals surface area contributed by atoms with Gasteiger partial charge in [0.15, 0.2) is 17.3 Å². The van der Waals surface area contributed by atoms with E-state index in [4.69, 9.17) is 33.3 Å². The van der Waals surface area contributed by atoms with E-state index in [0.29, 0.717) is 39.1 Å². The predicted molar refractivity (Wildman–Crippen MR) is 104 cm³/mol. The molecular formula is C18H17ClN4O2S. The first-order valence-corrected chi connectivity index (χ1v) is 8.57. The molecule has 0 radical (unpaired) electrons. The molecule has 8 heteroatoms. The molecule has 0 amide bonds. The van der Waals surface area contributed by atoms with Gasteiger partial charge in [0.05, 0.1) is 25.5 Å². The van der Waals surface area contributed by atoms with E-state index >= 15 is 0 Å². The Bertz CT molecular complexity index is 983. The van der Waals surface area contributed by atoms with Gasteiger partial charge < -0.3 is 9.47 Å². The molecule has 6 nitrogen and oxygen atoms in total. The molecule has 1 N–H and O–H groups in total. The first kappa shape index (κ1) is 18.2. The molecule has 0 spiro atoms. The summed E-state index contributed by atoms with van der Waals surface area (Å²) in [6.07, 6.45) is 2.22. The maximum atomic E-state index is 6.39. The number of nitrogens with one attached hydrogen (secondary N) is 1. The second-order valence-electron chi connectivity index (χ2n) is 5.37. The van der Waals surface area contributed by atoms with Crippen LogP contribution in [0.1, 0.15) is 17.0 Å². The molecule has 0 aliphatic carbocycles. The number of ether oxygens (including phenoxy) is 2. The van der Waals surface area contributed by atoms with Gasteiger partial charge in [-0.2, -0.15) is 14.9 Å². The van der Waals surface area contributed by atoms with E-state index in [2.05, 4.69) is 15.3 Å². The lowest BCUT2D eigenvalue weighted by atomic mass is 10.1. The Morgan fingerprint density at radius 2 is 1.96 bits per heavy atom. The highest BCUT2D eigenvalue weighted by Crippen LogP contribution is 2.36. The number of rotatable bonds is 6. The molecule has 3 aromatic rings. The van der Waals surface area contributed by atoms with Crippen LogP contribution in [0.5, 0.6) is 11.5 Å². The summed E-state index contributed by atoms with van der Waals surface area (Å²) in [5.74, 6) is 1.71. The van der Waals surface area contributed by atoms with Gasteiger partial charge >= 0.3 is 0 Å². The number of aromatic nitrogens is 3. The largest absolute Gasteiger partial charge is 0.493 e. The van der Waals surface area contributed by atoms with Crippen molar-refractivity contribution in [3.05, 3.63) is 69.2 Å². The van der Waals surface area contributed by atoms with Crippen molar-refractivity contribution < 1.29 is 9.47 Å². The third kappa shape index (κ3) is 3.79. The molecule has 0 aliphatic heterocycles. The summed E-state index contributed by atoms with van der Waals surface area (Å²) in [5.41, 5.74) is 1.79. The first-order valence-electron chi connectivity index (χ1n) is 7.79. The van der Waals surface area contributed by atoms with Crippen LogP contribution in [0.4, 0.5) is 0 Å². The number of halogens is 1. The zero-order valence-corrected chi connectivity index (χ0v) is 15.8. The number of hydrogen-bond donors (Lipinski definition) is 1. The summed E-state index contributed by atoms with van der Waals surface area (Å²) in [6.45, 7) is 0. The molecule has 0 unspecified atom stereocenters. The molecule has 0 bridgehead atoms. The highest BCUT2D eigenvalue weighted by atomic mass is 35.5. The quantitative estimate of drug-likeness (QED) is 0.510. The van der Waals surface area contributed by atoms with Gasteiger partial charge in [-0.25, -0.2) is 0 Å². The Balaban J connectivity index is 1.92. The summed E-state index contributed by atoms with van der Waals surface area (Å²) in [6, 6.07) is 13.5. The third-order valence-corrected chi connectivity index (χ3v) is 4.40. The van der Waals surface area contributed by atoms with Crippen molar-refractivity contribution >= 4 is 30.0 Å². The van der Waals surface area contributed by atoms with Gasteiger partial charge in [-0.05, 0) is 29.9 Å². The van der Waals surface area contributed by atoms with Crippen molar-refractivity contribution in [2.24, 2.45) is 5.10 Å².